The number of carbonyl (C=O) groups excluding carboxylic acids is 1. The van der Waals surface area contributed by atoms with E-state index in [1.165, 1.54) is 7.11 Å². The van der Waals surface area contributed by atoms with Crippen LogP contribution in [0.3, 0.4) is 0 Å². The van der Waals surface area contributed by atoms with Gasteiger partial charge in [-0.05, 0) is 31.5 Å². The van der Waals surface area contributed by atoms with E-state index in [9.17, 15) is 14.7 Å². The zero-order valence-corrected chi connectivity index (χ0v) is 13.3. The van der Waals surface area contributed by atoms with Crippen molar-refractivity contribution in [2.24, 2.45) is 5.92 Å². The molecule has 1 fully saturated rings. The van der Waals surface area contributed by atoms with Crippen molar-refractivity contribution in [1.29, 1.82) is 0 Å². The lowest BCUT2D eigenvalue weighted by Gasteiger charge is -2.23. The van der Waals surface area contributed by atoms with Gasteiger partial charge in [0, 0.05) is 18.2 Å². The van der Waals surface area contributed by atoms with Gasteiger partial charge in [-0.3, -0.25) is 9.59 Å². The fraction of sp³-hybridized carbons (Fsp3) is 0.412. The van der Waals surface area contributed by atoms with E-state index in [0.29, 0.717) is 36.6 Å². The molecule has 2 unspecified atom stereocenters. The number of methoxy groups -OCH3 is 1. The molecule has 1 aromatic carbocycles. The Balaban J connectivity index is 2.20. The Morgan fingerprint density at radius 3 is 2.74 bits per heavy atom. The maximum atomic E-state index is 12.6. The van der Waals surface area contributed by atoms with Crippen molar-refractivity contribution < 1.29 is 24.2 Å². The second kappa shape index (κ2) is 7.17. The van der Waals surface area contributed by atoms with Crippen LogP contribution in [0.4, 0.5) is 0 Å². The highest BCUT2D eigenvalue weighted by Gasteiger charge is 2.38. The van der Waals surface area contributed by atoms with Gasteiger partial charge in [0.25, 0.3) is 5.91 Å². The van der Waals surface area contributed by atoms with Crippen molar-refractivity contribution in [2.45, 2.75) is 19.4 Å². The van der Waals surface area contributed by atoms with Crippen molar-refractivity contribution in [3.05, 3.63) is 36.4 Å². The average Bonchev–Trinajstić information content (AvgIpc) is 2.93. The molecule has 0 aromatic heterocycles. The number of aliphatic carboxylic acids is 1. The number of benzene rings is 1. The second-order valence-electron chi connectivity index (χ2n) is 5.44. The predicted octanol–water partition coefficient (Wildman–Crippen LogP) is 2.20. The summed E-state index contributed by atoms with van der Waals surface area (Å²) in [5, 5.41) is 9.17. The van der Waals surface area contributed by atoms with Gasteiger partial charge in [-0.2, -0.15) is 0 Å². The largest absolute Gasteiger partial charge is 0.493 e. The first-order valence-electron chi connectivity index (χ1n) is 7.45. The van der Waals surface area contributed by atoms with E-state index in [4.69, 9.17) is 9.47 Å². The highest BCUT2D eigenvalue weighted by atomic mass is 16.5. The van der Waals surface area contributed by atoms with Gasteiger partial charge in [-0.15, -0.1) is 0 Å². The molecule has 0 bridgehead atoms. The van der Waals surface area contributed by atoms with E-state index < -0.39 is 11.9 Å². The summed E-state index contributed by atoms with van der Waals surface area (Å²) in [7, 11) is 1.50. The maximum absolute atomic E-state index is 12.6. The van der Waals surface area contributed by atoms with Gasteiger partial charge in [0.05, 0.1) is 13.0 Å². The molecule has 0 aliphatic carbocycles. The van der Waals surface area contributed by atoms with Crippen LogP contribution in [0, 0.1) is 5.92 Å². The molecular formula is C17H21NO5. The van der Waals surface area contributed by atoms with E-state index in [1.54, 1.807) is 36.1 Å². The van der Waals surface area contributed by atoms with Crippen LogP contribution in [0.1, 0.15) is 23.7 Å². The molecule has 2 atom stereocenters. The Kier molecular flexibility index (Phi) is 5.26. The number of carbonyl (C=O) groups is 2. The molecule has 1 heterocycles. The quantitative estimate of drug-likeness (QED) is 0.814. The number of rotatable bonds is 6. The number of nitrogens with zero attached hydrogens (tertiary/aromatic N) is 1. The van der Waals surface area contributed by atoms with Gasteiger partial charge in [0.2, 0.25) is 0 Å². The Labute approximate surface area is 135 Å². The molecule has 23 heavy (non-hydrogen) atoms. The first-order valence-corrected chi connectivity index (χ1v) is 7.45. The van der Waals surface area contributed by atoms with Crippen LogP contribution in [0.2, 0.25) is 0 Å². The van der Waals surface area contributed by atoms with Crippen LogP contribution >= 0.6 is 0 Å². The monoisotopic (exact) mass is 319 g/mol. The molecule has 124 valence electrons. The Hall–Kier alpha value is -2.50. The molecule has 1 aromatic rings. The molecule has 1 aliphatic rings. The summed E-state index contributed by atoms with van der Waals surface area (Å²) < 4.78 is 10.7. The molecule has 0 spiro atoms. The van der Waals surface area contributed by atoms with Gasteiger partial charge in [0.1, 0.15) is 6.61 Å². The third kappa shape index (κ3) is 3.47. The lowest BCUT2D eigenvalue weighted by atomic mass is 10.0. The molecule has 1 N–H and O–H groups in total. The average molecular weight is 319 g/mol. The van der Waals surface area contributed by atoms with Crippen molar-refractivity contribution in [1.82, 2.24) is 4.90 Å². The molecule has 0 radical (unpaired) electrons. The topological polar surface area (TPSA) is 76.1 Å². The molecule has 2 rings (SSSR count). The fourth-order valence-corrected chi connectivity index (χ4v) is 2.79. The molecular weight excluding hydrogens is 298 g/mol. The standard InChI is InChI=1S/C17H21NO5/c1-4-9-23-14-6-5-12(10-15(14)22-3)16(19)18-8-7-13(11(18)2)17(20)21/h4-6,10-11,13H,1,7-9H2,2-3H3,(H,20,21). The smallest absolute Gasteiger partial charge is 0.308 e. The summed E-state index contributed by atoms with van der Waals surface area (Å²) in [6.07, 6.45) is 2.09. The van der Waals surface area contributed by atoms with Gasteiger partial charge in [-0.1, -0.05) is 12.7 Å². The predicted molar refractivity (Wildman–Crippen MR) is 84.9 cm³/mol. The number of amides is 1. The normalized spacial score (nSPS) is 20.2. The Morgan fingerprint density at radius 2 is 2.17 bits per heavy atom. The minimum atomic E-state index is -0.862. The minimum Gasteiger partial charge on any atom is -0.493 e. The van der Waals surface area contributed by atoms with Crippen molar-refractivity contribution in [2.75, 3.05) is 20.3 Å². The number of hydrogen-bond donors (Lipinski definition) is 1. The highest BCUT2D eigenvalue weighted by Crippen LogP contribution is 2.31. The second-order valence-corrected chi connectivity index (χ2v) is 5.44. The number of carboxylic acids is 1. The molecule has 6 nitrogen and oxygen atoms in total. The van der Waals surface area contributed by atoms with E-state index in [-0.39, 0.29) is 11.9 Å². The van der Waals surface area contributed by atoms with Crippen LogP contribution in [0.5, 0.6) is 11.5 Å². The van der Waals surface area contributed by atoms with Crippen LogP contribution in [0.15, 0.2) is 30.9 Å². The van der Waals surface area contributed by atoms with E-state index >= 15 is 0 Å². The first kappa shape index (κ1) is 16.9. The number of hydrogen-bond acceptors (Lipinski definition) is 4. The molecule has 0 saturated carbocycles. The zero-order chi connectivity index (χ0) is 17.0. The summed E-state index contributed by atoms with van der Waals surface area (Å²) in [5.74, 6) is -0.592. The van der Waals surface area contributed by atoms with Gasteiger partial charge < -0.3 is 19.5 Å². The van der Waals surface area contributed by atoms with E-state index in [1.807, 2.05) is 0 Å². The summed E-state index contributed by atoms with van der Waals surface area (Å²) in [6, 6.07) is 4.61. The van der Waals surface area contributed by atoms with Crippen molar-refractivity contribution >= 4 is 11.9 Å². The molecule has 1 amide bonds. The van der Waals surface area contributed by atoms with Crippen molar-refractivity contribution in [3.8, 4) is 11.5 Å². The zero-order valence-electron chi connectivity index (χ0n) is 13.3. The fourth-order valence-electron chi connectivity index (χ4n) is 2.79. The highest BCUT2D eigenvalue weighted by molar-refractivity contribution is 5.95. The Bertz CT molecular complexity index is 613. The molecule has 1 aliphatic heterocycles. The summed E-state index contributed by atoms with van der Waals surface area (Å²) in [6.45, 7) is 6.13. The lowest BCUT2D eigenvalue weighted by molar-refractivity contribution is -0.142. The summed E-state index contributed by atoms with van der Waals surface area (Å²) >= 11 is 0. The SMILES string of the molecule is C=CCOc1ccc(C(=O)N2CCC(C(=O)O)C2C)cc1OC. The van der Waals surface area contributed by atoms with Crippen LogP contribution in [-0.2, 0) is 4.79 Å². The maximum Gasteiger partial charge on any atom is 0.308 e. The first-order chi connectivity index (χ1) is 11.0. The number of likely N-dealkylation sites (tertiary alicyclic amines) is 1. The Morgan fingerprint density at radius 1 is 1.43 bits per heavy atom. The van der Waals surface area contributed by atoms with Crippen LogP contribution < -0.4 is 9.47 Å². The third-order valence-electron chi connectivity index (χ3n) is 4.10. The lowest BCUT2D eigenvalue weighted by Crippen LogP contribution is -2.37. The third-order valence-corrected chi connectivity index (χ3v) is 4.10. The molecule has 1 saturated heterocycles. The van der Waals surface area contributed by atoms with Gasteiger partial charge in [0.15, 0.2) is 11.5 Å². The summed E-state index contributed by atoms with van der Waals surface area (Å²) in [4.78, 5) is 25.4. The van der Waals surface area contributed by atoms with Crippen LogP contribution in [-0.4, -0.2) is 48.2 Å². The summed E-state index contributed by atoms with van der Waals surface area (Å²) in [5.41, 5.74) is 0.450. The van der Waals surface area contributed by atoms with Crippen LogP contribution in [0.25, 0.3) is 0 Å². The van der Waals surface area contributed by atoms with E-state index in [2.05, 4.69) is 6.58 Å². The van der Waals surface area contributed by atoms with Crippen molar-refractivity contribution in [3.63, 3.8) is 0 Å². The molecule has 6 heteroatoms. The number of ether oxygens (including phenoxy) is 2. The minimum absolute atomic E-state index is 0.199. The van der Waals surface area contributed by atoms with Gasteiger partial charge in [-0.25, -0.2) is 0 Å². The number of carboxylic acid groups (broad SMARTS) is 1. The van der Waals surface area contributed by atoms with E-state index in [0.717, 1.165) is 0 Å². The van der Waals surface area contributed by atoms with Gasteiger partial charge >= 0.3 is 5.97 Å².